The molecule has 0 radical (unpaired) electrons. The van der Waals surface area contributed by atoms with Crippen LogP contribution in [0.5, 0.6) is 11.5 Å². The Kier molecular flexibility index (Phi) is 2.90. The molecule has 0 saturated heterocycles. The highest BCUT2D eigenvalue weighted by molar-refractivity contribution is 6.19. The standard InChI is InChI=1S/C20H16O2/c1-21-14-9-7-13-8-10-16-15-5-3-4-6-17(15)20(22-2)12-19(16)18(13)11-14/h3-12H,1-2H3. The van der Waals surface area contributed by atoms with Gasteiger partial charge in [-0.1, -0.05) is 42.5 Å². The van der Waals surface area contributed by atoms with E-state index in [2.05, 4.69) is 48.5 Å². The monoisotopic (exact) mass is 288 g/mol. The van der Waals surface area contributed by atoms with E-state index < -0.39 is 0 Å². The van der Waals surface area contributed by atoms with Crippen molar-refractivity contribution in [3.63, 3.8) is 0 Å². The number of ether oxygens (including phenoxy) is 2. The summed E-state index contributed by atoms with van der Waals surface area (Å²) in [6.45, 7) is 0. The number of hydrogen-bond acceptors (Lipinski definition) is 2. The molecule has 0 N–H and O–H groups in total. The van der Waals surface area contributed by atoms with Crippen molar-refractivity contribution in [3.8, 4) is 11.5 Å². The molecule has 0 atom stereocenters. The maximum Gasteiger partial charge on any atom is 0.127 e. The minimum Gasteiger partial charge on any atom is -0.497 e. The van der Waals surface area contributed by atoms with Gasteiger partial charge in [0.25, 0.3) is 0 Å². The van der Waals surface area contributed by atoms with Crippen LogP contribution in [0.15, 0.2) is 60.7 Å². The molecular formula is C20H16O2. The van der Waals surface area contributed by atoms with E-state index in [1.807, 2.05) is 12.1 Å². The Hall–Kier alpha value is -2.74. The smallest absolute Gasteiger partial charge is 0.127 e. The molecule has 4 aromatic carbocycles. The molecule has 0 spiro atoms. The zero-order valence-corrected chi connectivity index (χ0v) is 12.6. The lowest BCUT2D eigenvalue weighted by atomic mass is 9.96. The van der Waals surface area contributed by atoms with E-state index in [9.17, 15) is 0 Å². The van der Waals surface area contributed by atoms with Crippen LogP contribution in [0.25, 0.3) is 32.3 Å². The second-order valence-corrected chi connectivity index (χ2v) is 5.37. The van der Waals surface area contributed by atoms with Gasteiger partial charge in [0, 0.05) is 5.39 Å². The third-order valence-electron chi connectivity index (χ3n) is 4.25. The summed E-state index contributed by atoms with van der Waals surface area (Å²) in [6, 6.07) is 21.0. The fourth-order valence-electron chi connectivity index (χ4n) is 3.15. The van der Waals surface area contributed by atoms with Crippen LogP contribution in [-0.2, 0) is 0 Å². The summed E-state index contributed by atoms with van der Waals surface area (Å²) in [5, 5.41) is 7.15. The molecule has 0 unspecified atom stereocenters. The van der Waals surface area contributed by atoms with Gasteiger partial charge in [-0.05, 0) is 45.1 Å². The van der Waals surface area contributed by atoms with Crippen LogP contribution < -0.4 is 9.47 Å². The molecule has 22 heavy (non-hydrogen) atoms. The first kappa shape index (κ1) is 13.0. The maximum absolute atomic E-state index is 5.61. The highest BCUT2D eigenvalue weighted by Gasteiger charge is 2.09. The first-order chi connectivity index (χ1) is 10.8. The summed E-state index contributed by atoms with van der Waals surface area (Å²) in [5.74, 6) is 1.77. The molecule has 4 aromatic rings. The molecule has 0 fully saturated rings. The van der Waals surface area contributed by atoms with Crippen molar-refractivity contribution in [2.24, 2.45) is 0 Å². The Labute approximate surface area is 128 Å². The van der Waals surface area contributed by atoms with Crippen molar-refractivity contribution < 1.29 is 9.47 Å². The molecule has 0 aliphatic carbocycles. The van der Waals surface area contributed by atoms with Gasteiger partial charge in [-0.25, -0.2) is 0 Å². The second kappa shape index (κ2) is 4.92. The predicted octanol–water partition coefficient (Wildman–Crippen LogP) is 5.16. The molecule has 0 saturated carbocycles. The zero-order chi connectivity index (χ0) is 15.1. The molecule has 2 heteroatoms. The van der Waals surface area contributed by atoms with Crippen LogP contribution in [0.3, 0.4) is 0 Å². The average molecular weight is 288 g/mol. The highest BCUT2D eigenvalue weighted by atomic mass is 16.5. The van der Waals surface area contributed by atoms with Crippen LogP contribution in [-0.4, -0.2) is 14.2 Å². The molecule has 2 nitrogen and oxygen atoms in total. The quantitative estimate of drug-likeness (QED) is 0.474. The van der Waals surface area contributed by atoms with Crippen molar-refractivity contribution >= 4 is 32.3 Å². The number of hydrogen-bond donors (Lipinski definition) is 0. The molecule has 4 rings (SSSR count). The molecule has 108 valence electrons. The van der Waals surface area contributed by atoms with Crippen LogP contribution in [0.4, 0.5) is 0 Å². The average Bonchev–Trinajstić information content (AvgIpc) is 2.60. The van der Waals surface area contributed by atoms with Gasteiger partial charge in [0.1, 0.15) is 11.5 Å². The van der Waals surface area contributed by atoms with Gasteiger partial charge in [-0.15, -0.1) is 0 Å². The Morgan fingerprint density at radius 3 is 2.09 bits per heavy atom. The van der Waals surface area contributed by atoms with Gasteiger partial charge in [0.2, 0.25) is 0 Å². The van der Waals surface area contributed by atoms with Crippen molar-refractivity contribution in [2.75, 3.05) is 14.2 Å². The summed E-state index contributed by atoms with van der Waals surface area (Å²) < 4.78 is 11.0. The van der Waals surface area contributed by atoms with Gasteiger partial charge in [0.15, 0.2) is 0 Å². The minimum atomic E-state index is 0.868. The largest absolute Gasteiger partial charge is 0.497 e. The van der Waals surface area contributed by atoms with Crippen LogP contribution in [0.1, 0.15) is 0 Å². The molecule has 0 aliphatic heterocycles. The van der Waals surface area contributed by atoms with E-state index in [1.54, 1.807) is 14.2 Å². The number of methoxy groups -OCH3 is 2. The second-order valence-electron chi connectivity index (χ2n) is 5.37. The third kappa shape index (κ3) is 1.81. The van der Waals surface area contributed by atoms with Crippen LogP contribution in [0, 0.1) is 0 Å². The van der Waals surface area contributed by atoms with Gasteiger partial charge >= 0.3 is 0 Å². The van der Waals surface area contributed by atoms with Crippen molar-refractivity contribution in [3.05, 3.63) is 60.7 Å². The number of benzene rings is 4. The first-order valence-corrected chi connectivity index (χ1v) is 7.28. The normalized spacial score (nSPS) is 11.2. The third-order valence-corrected chi connectivity index (χ3v) is 4.25. The number of fused-ring (bicyclic) bond motifs is 5. The Balaban J connectivity index is 2.23. The van der Waals surface area contributed by atoms with Gasteiger partial charge in [-0.2, -0.15) is 0 Å². The lowest BCUT2D eigenvalue weighted by Gasteiger charge is -2.12. The molecular weight excluding hydrogens is 272 g/mol. The molecule has 0 bridgehead atoms. The predicted molar refractivity (Wildman–Crippen MR) is 92.1 cm³/mol. The van der Waals surface area contributed by atoms with Crippen molar-refractivity contribution in [1.82, 2.24) is 0 Å². The van der Waals surface area contributed by atoms with Gasteiger partial charge in [-0.3, -0.25) is 0 Å². The topological polar surface area (TPSA) is 18.5 Å². The fourth-order valence-corrected chi connectivity index (χ4v) is 3.15. The van der Waals surface area contributed by atoms with Crippen molar-refractivity contribution in [2.45, 2.75) is 0 Å². The summed E-state index contributed by atoms with van der Waals surface area (Å²) >= 11 is 0. The van der Waals surface area contributed by atoms with Gasteiger partial charge in [0.05, 0.1) is 14.2 Å². The molecule has 0 aromatic heterocycles. The zero-order valence-electron chi connectivity index (χ0n) is 12.6. The SMILES string of the molecule is COc1ccc2ccc3c4ccccc4c(OC)cc3c2c1. The lowest BCUT2D eigenvalue weighted by Crippen LogP contribution is -1.88. The fraction of sp³-hybridized carbons (Fsp3) is 0.100. The van der Waals surface area contributed by atoms with Crippen molar-refractivity contribution in [1.29, 1.82) is 0 Å². The highest BCUT2D eigenvalue weighted by Crippen LogP contribution is 2.37. The summed E-state index contributed by atoms with van der Waals surface area (Å²) in [7, 11) is 3.42. The van der Waals surface area contributed by atoms with E-state index in [0.717, 1.165) is 16.9 Å². The molecule has 0 amide bonds. The van der Waals surface area contributed by atoms with E-state index >= 15 is 0 Å². The summed E-state index contributed by atoms with van der Waals surface area (Å²) in [5.41, 5.74) is 0. The number of rotatable bonds is 2. The van der Waals surface area contributed by atoms with E-state index in [0.29, 0.717) is 0 Å². The summed E-state index contributed by atoms with van der Waals surface area (Å²) in [4.78, 5) is 0. The maximum atomic E-state index is 5.61. The van der Waals surface area contributed by atoms with E-state index in [1.165, 1.54) is 26.9 Å². The van der Waals surface area contributed by atoms with Crippen LogP contribution >= 0.6 is 0 Å². The summed E-state index contributed by atoms with van der Waals surface area (Å²) in [6.07, 6.45) is 0. The Bertz CT molecular complexity index is 1000. The van der Waals surface area contributed by atoms with E-state index in [-0.39, 0.29) is 0 Å². The first-order valence-electron chi connectivity index (χ1n) is 7.28. The van der Waals surface area contributed by atoms with Gasteiger partial charge < -0.3 is 9.47 Å². The Morgan fingerprint density at radius 2 is 1.32 bits per heavy atom. The lowest BCUT2D eigenvalue weighted by molar-refractivity contribution is 0.415. The van der Waals surface area contributed by atoms with E-state index in [4.69, 9.17) is 9.47 Å². The molecule has 0 aliphatic rings. The van der Waals surface area contributed by atoms with Crippen LogP contribution in [0.2, 0.25) is 0 Å². The minimum absolute atomic E-state index is 0.868. The molecule has 0 heterocycles. The Morgan fingerprint density at radius 1 is 0.591 bits per heavy atom.